The number of benzene rings is 1. The lowest BCUT2D eigenvalue weighted by Gasteiger charge is -2.13. The lowest BCUT2D eigenvalue weighted by Crippen LogP contribution is -1.94. The lowest BCUT2D eigenvalue weighted by molar-refractivity contribution is 0.627. The molecule has 0 atom stereocenters. The van der Waals surface area contributed by atoms with Crippen molar-refractivity contribution in [3.8, 4) is 11.3 Å². The van der Waals surface area contributed by atoms with Gasteiger partial charge in [0.15, 0.2) is 5.13 Å². The zero-order valence-corrected chi connectivity index (χ0v) is 9.29. The molecular formula is C10H7FN2S2. The summed E-state index contributed by atoms with van der Waals surface area (Å²) in [7, 11) is 0. The average Bonchev–Trinajstić information content (AvgIpc) is 2.58. The minimum atomic E-state index is -0.228. The molecule has 1 aromatic carbocycles. The predicted octanol–water partition coefficient (Wildman–Crippen LogP) is 3.14. The largest absolute Gasteiger partial charge is 0.375 e. The van der Waals surface area contributed by atoms with Crippen molar-refractivity contribution in [2.45, 2.75) is 10.6 Å². The Morgan fingerprint density at radius 3 is 3.13 bits per heavy atom. The molecule has 2 heterocycles. The molecule has 15 heavy (non-hydrogen) atoms. The Labute approximate surface area is 94.3 Å². The lowest BCUT2D eigenvalue weighted by atomic mass is 10.1. The van der Waals surface area contributed by atoms with Crippen molar-refractivity contribution in [1.82, 2.24) is 4.98 Å². The van der Waals surface area contributed by atoms with Crippen LogP contribution < -0.4 is 5.73 Å². The van der Waals surface area contributed by atoms with Crippen molar-refractivity contribution >= 4 is 28.2 Å². The van der Waals surface area contributed by atoms with Crippen molar-refractivity contribution in [2.75, 3.05) is 5.73 Å². The van der Waals surface area contributed by atoms with E-state index in [9.17, 15) is 4.39 Å². The molecule has 0 spiro atoms. The standard InChI is InChI=1S/C10H7FN2S2/c11-5-1-2-7-6(3-5)9-8(4-14-7)15-10(12)13-9/h1-3H,4H2,(H2,12,13). The number of rotatable bonds is 0. The fourth-order valence-corrected chi connectivity index (χ4v) is 3.59. The van der Waals surface area contributed by atoms with Crippen LogP contribution in [0, 0.1) is 5.82 Å². The minimum Gasteiger partial charge on any atom is -0.375 e. The second-order valence-electron chi connectivity index (χ2n) is 3.25. The number of nitrogens with two attached hydrogens (primary N) is 1. The van der Waals surface area contributed by atoms with Crippen LogP contribution >= 0.6 is 23.1 Å². The molecule has 0 saturated carbocycles. The van der Waals surface area contributed by atoms with Crippen molar-refractivity contribution < 1.29 is 4.39 Å². The van der Waals surface area contributed by atoms with Crippen molar-refractivity contribution in [3.63, 3.8) is 0 Å². The summed E-state index contributed by atoms with van der Waals surface area (Å²) < 4.78 is 13.1. The highest BCUT2D eigenvalue weighted by atomic mass is 32.2. The molecule has 0 aliphatic carbocycles. The third-order valence-corrected chi connectivity index (χ3v) is 4.44. The summed E-state index contributed by atoms with van der Waals surface area (Å²) in [5, 5.41) is 0.553. The van der Waals surface area contributed by atoms with Crippen LogP contribution in [0.3, 0.4) is 0 Å². The van der Waals surface area contributed by atoms with E-state index in [2.05, 4.69) is 4.98 Å². The van der Waals surface area contributed by atoms with Gasteiger partial charge in [-0.3, -0.25) is 0 Å². The molecule has 1 aliphatic rings. The number of anilines is 1. The maximum Gasteiger partial charge on any atom is 0.180 e. The van der Waals surface area contributed by atoms with E-state index in [1.807, 2.05) is 0 Å². The minimum absolute atomic E-state index is 0.228. The van der Waals surface area contributed by atoms with Crippen LogP contribution in [0.2, 0.25) is 0 Å². The van der Waals surface area contributed by atoms with Crippen molar-refractivity contribution in [3.05, 3.63) is 28.9 Å². The Balaban J connectivity index is 2.27. The fourth-order valence-electron chi connectivity index (χ4n) is 1.63. The Bertz CT molecular complexity index is 536. The van der Waals surface area contributed by atoms with Crippen LogP contribution in [0.1, 0.15) is 4.88 Å². The van der Waals surface area contributed by atoms with Crippen LogP contribution in [0.15, 0.2) is 23.1 Å². The molecule has 0 unspecified atom stereocenters. The highest BCUT2D eigenvalue weighted by Gasteiger charge is 2.20. The van der Waals surface area contributed by atoms with Gasteiger partial charge in [0.25, 0.3) is 0 Å². The van der Waals surface area contributed by atoms with Crippen molar-refractivity contribution in [1.29, 1.82) is 0 Å². The summed E-state index contributed by atoms with van der Waals surface area (Å²) in [5.74, 6) is 0.650. The van der Waals surface area contributed by atoms with Gasteiger partial charge >= 0.3 is 0 Å². The summed E-state index contributed by atoms with van der Waals surface area (Å²) in [4.78, 5) is 6.46. The molecule has 0 amide bonds. The molecule has 1 aromatic heterocycles. The second-order valence-corrected chi connectivity index (χ2v) is 5.39. The van der Waals surface area contributed by atoms with E-state index >= 15 is 0 Å². The van der Waals surface area contributed by atoms with Gasteiger partial charge in [-0.1, -0.05) is 0 Å². The molecule has 0 saturated heterocycles. The van der Waals surface area contributed by atoms with Gasteiger partial charge in [-0.25, -0.2) is 9.37 Å². The van der Waals surface area contributed by atoms with Gasteiger partial charge < -0.3 is 5.73 Å². The maximum atomic E-state index is 13.1. The molecule has 0 bridgehead atoms. The van der Waals surface area contributed by atoms with Gasteiger partial charge in [0.1, 0.15) is 5.82 Å². The smallest absolute Gasteiger partial charge is 0.180 e. The summed E-state index contributed by atoms with van der Waals surface area (Å²) in [6.07, 6.45) is 0. The van der Waals surface area contributed by atoms with Crippen LogP contribution in [0.5, 0.6) is 0 Å². The van der Waals surface area contributed by atoms with E-state index < -0.39 is 0 Å². The number of nitrogens with zero attached hydrogens (tertiary/aromatic N) is 1. The van der Waals surface area contributed by atoms with Crippen molar-refractivity contribution in [2.24, 2.45) is 0 Å². The van der Waals surface area contributed by atoms with Crippen LogP contribution in [0.4, 0.5) is 9.52 Å². The van der Waals surface area contributed by atoms with E-state index in [4.69, 9.17) is 5.73 Å². The van der Waals surface area contributed by atoms with Crippen LogP contribution in [-0.2, 0) is 5.75 Å². The number of thiazole rings is 1. The highest BCUT2D eigenvalue weighted by Crippen LogP contribution is 2.44. The molecule has 3 rings (SSSR count). The molecule has 76 valence electrons. The second kappa shape index (κ2) is 3.21. The van der Waals surface area contributed by atoms with Gasteiger partial charge in [0.2, 0.25) is 0 Å². The summed E-state index contributed by atoms with van der Waals surface area (Å²) in [6.45, 7) is 0. The normalized spacial score (nSPS) is 13.4. The van der Waals surface area contributed by atoms with E-state index in [1.165, 1.54) is 23.5 Å². The highest BCUT2D eigenvalue weighted by molar-refractivity contribution is 7.98. The van der Waals surface area contributed by atoms with E-state index in [-0.39, 0.29) is 5.82 Å². The van der Waals surface area contributed by atoms with Crippen LogP contribution in [0.25, 0.3) is 11.3 Å². The van der Waals surface area contributed by atoms with E-state index in [0.29, 0.717) is 5.13 Å². The van der Waals surface area contributed by atoms with Gasteiger partial charge in [-0.2, -0.15) is 0 Å². The number of thioether (sulfide) groups is 1. The molecule has 2 N–H and O–H groups in total. The quantitative estimate of drug-likeness (QED) is 0.766. The molecule has 2 nitrogen and oxygen atoms in total. The molecule has 2 aromatic rings. The zero-order valence-electron chi connectivity index (χ0n) is 7.66. The maximum absolute atomic E-state index is 13.1. The summed E-state index contributed by atoms with van der Waals surface area (Å²) >= 11 is 3.18. The topological polar surface area (TPSA) is 38.9 Å². The number of hydrogen-bond donors (Lipinski definition) is 1. The molecule has 0 radical (unpaired) electrons. The monoisotopic (exact) mass is 238 g/mol. The van der Waals surface area contributed by atoms with Crippen LogP contribution in [-0.4, -0.2) is 4.98 Å². The number of fused-ring (bicyclic) bond motifs is 3. The summed E-state index contributed by atoms with van der Waals surface area (Å²) in [5.41, 5.74) is 7.38. The molecule has 0 fully saturated rings. The first-order valence-corrected chi connectivity index (χ1v) is 6.22. The average molecular weight is 238 g/mol. The Hall–Kier alpha value is -1.07. The van der Waals surface area contributed by atoms with Gasteiger partial charge in [0, 0.05) is 21.1 Å². The predicted molar refractivity (Wildman–Crippen MR) is 61.5 cm³/mol. The Morgan fingerprint density at radius 1 is 1.40 bits per heavy atom. The van der Waals surface area contributed by atoms with Gasteiger partial charge in [0.05, 0.1) is 5.69 Å². The number of halogens is 1. The van der Waals surface area contributed by atoms with E-state index in [0.717, 1.165) is 26.8 Å². The third kappa shape index (κ3) is 1.42. The first-order chi connectivity index (χ1) is 7.24. The Morgan fingerprint density at radius 2 is 2.27 bits per heavy atom. The third-order valence-electron chi connectivity index (χ3n) is 2.27. The van der Waals surface area contributed by atoms with Gasteiger partial charge in [-0.05, 0) is 18.2 Å². The summed E-state index contributed by atoms with van der Waals surface area (Å²) in [6, 6.07) is 4.81. The van der Waals surface area contributed by atoms with E-state index in [1.54, 1.807) is 17.8 Å². The Kier molecular flexibility index (Phi) is 1.97. The first-order valence-electron chi connectivity index (χ1n) is 4.42. The first kappa shape index (κ1) is 9.18. The molecule has 5 heteroatoms. The van der Waals surface area contributed by atoms with Gasteiger partial charge in [-0.15, -0.1) is 23.1 Å². The zero-order chi connectivity index (χ0) is 10.4. The molecular weight excluding hydrogens is 231 g/mol. The fraction of sp³-hybridized carbons (Fsp3) is 0.100. The molecule has 1 aliphatic heterocycles. The number of hydrogen-bond acceptors (Lipinski definition) is 4. The SMILES string of the molecule is Nc1nc2c(s1)CSc1ccc(F)cc1-2. The number of nitrogen functional groups attached to an aromatic ring is 1. The number of aromatic nitrogens is 1.